The molecule has 0 aliphatic carbocycles. The highest BCUT2D eigenvalue weighted by molar-refractivity contribution is 5.95. The molecule has 2 heterocycles. The third-order valence-corrected chi connectivity index (χ3v) is 2.67. The quantitative estimate of drug-likeness (QED) is 0.681. The van der Waals surface area contributed by atoms with Crippen molar-refractivity contribution in [3.8, 4) is 0 Å². The van der Waals surface area contributed by atoms with Crippen LogP contribution in [-0.2, 0) is 0 Å². The molecule has 0 radical (unpaired) electrons. The minimum atomic E-state index is -0.0346. The number of amides is 1. The van der Waals surface area contributed by atoms with Crippen molar-refractivity contribution < 1.29 is 4.79 Å². The van der Waals surface area contributed by atoms with Gasteiger partial charge in [0.2, 0.25) is 0 Å². The monoisotopic (exact) mass is 220 g/mol. The summed E-state index contributed by atoms with van der Waals surface area (Å²) in [6, 6.07) is 3.72. The minimum absolute atomic E-state index is 0.0346. The molecule has 1 unspecified atom stereocenters. The van der Waals surface area contributed by atoms with Crippen LogP contribution in [0, 0.1) is 0 Å². The van der Waals surface area contributed by atoms with Gasteiger partial charge in [0.15, 0.2) is 0 Å². The van der Waals surface area contributed by atoms with E-state index >= 15 is 0 Å². The number of hydrogen-bond acceptors (Lipinski definition) is 4. The Hall–Kier alpha value is -1.62. The summed E-state index contributed by atoms with van der Waals surface area (Å²) in [5.74, 6) is 0.671. The predicted molar refractivity (Wildman–Crippen MR) is 62.5 cm³/mol. The molecule has 5 heteroatoms. The summed E-state index contributed by atoms with van der Waals surface area (Å²) in [5.41, 5.74) is 0.645. The lowest BCUT2D eigenvalue weighted by Crippen LogP contribution is -2.36. The fourth-order valence-corrected chi connectivity index (χ4v) is 1.76. The Morgan fingerprint density at radius 3 is 3.19 bits per heavy atom. The zero-order valence-corrected chi connectivity index (χ0v) is 9.29. The molecule has 1 aliphatic heterocycles. The highest BCUT2D eigenvalue weighted by atomic mass is 16.1. The molecule has 1 aromatic heterocycles. The maximum absolute atomic E-state index is 11.9. The first kappa shape index (κ1) is 10.9. The average Bonchev–Trinajstić information content (AvgIpc) is 2.82. The second kappa shape index (κ2) is 4.94. The summed E-state index contributed by atoms with van der Waals surface area (Å²) < 4.78 is 0. The molecular weight excluding hydrogens is 204 g/mol. The Labute approximate surface area is 94.6 Å². The molecule has 5 nitrogen and oxygen atoms in total. The number of aromatic nitrogens is 1. The van der Waals surface area contributed by atoms with Gasteiger partial charge in [0, 0.05) is 31.4 Å². The van der Waals surface area contributed by atoms with Crippen molar-refractivity contribution >= 4 is 11.7 Å². The van der Waals surface area contributed by atoms with Gasteiger partial charge >= 0.3 is 0 Å². The average molecular weight is 220 g/mol. The van der Waals surface area contributed by atoms with Crippen molar-refractivity contribution in [2.45, 2.75) is 12.5 Å². The van der Waals surface area contributed by atoms with Gasteiger partial charge in [0.25, 0.3) is 5.91 Å². The molecule has 0 bridgehead atoms. The maximum Gasteiger partial charge on any atom is 0.251 e. The van der Waals surface area contributed by atoms with Crippen LogP contribution in [0.2, 0.25) is 0 Å². The summed E-state index contributed by atoms with van der Waals surface area (Å²) in [5, 5.41) is 9.11. The molecule has 1 saturated heterocycles. The maximum atomic E-state index is 11.9. The second-order valence-corrected chi connectivity index (χ2v) is 3.84. The number of hydrogen-bond donors (Lipinski definition) is 3. The van der Waals surface area contributed by atoms with Gasteiger partial charge in [0.1, 0.15) is 5.82 Å². The molecule has 2 rings (SSSR count). The van der Waals surface area contributed by atoms with E-state index in [0.29, 0.717) is 11.4 Å². The lowest BCUT2D eigenvalue weighted by atomic mass is 10.2. The van der Waals surface area contributed by atoms with E-state index in [-0.39, 0.29) is 11.9 Å². The molecule has 16 heavy (non-hydrogen) atoms. The van der Waals surface area contributed by atoms with E-state index in [1.807, 2.05) is 0 Å². The van der Waals surface area contributed by atoms with Gasteiger partial charge in [-0.3, -0.25) is 4.79 Å². The van der Waals surface area contributed by atoms with Gasteiger partial charge in [-0.2, -0.15) is 0 Å². The van der Waals surface area contributed by atoms with Crippen molar-refractivity contribution in [2.24, 2.45) is 0 Å². The van der Waals surface area contributed by atoms with Crippen molar-refractivity contribution in [1.82, 2.24) is 15.6 Å². The van der Waals surface area contributed by atoms with Crippen molar-refractivity contribution in [1.29, 1.82) is 0 Å². The van der Waals surface area contributed by atoms with Crippen LogP contribution in [0.5, 0.6) is 0 Å². The molecule has 1 aromatic rings. The molecule has 1 fully saturated rings. The fraction of sp³-hybridized carbons (Fsp3) is 0.455. The normalized spacial score (nSPS) is 19.4. The number of carbonyl (C=O) groups excluding carboxylic acids is 1. The predicted octanol–water partition coefficient (Wildman–Crippen LogP) is 0.215. The summed E-state index contributed by atoms with van der Waals surface area (Å²) in [7, 11) is 1.78. The number of anilines is 1. The Bertz CT molecular complexity index is 374. The van der Waals surface area contributed by atoms with Gasteiger partial charge in [-0.15, -0.1) is 0 Å². The topological polar surface area (TPSA) is 66.1 Å². The molecule has 1 atom stereocenters. The molecule has 1 amide bonds. The van der Waals surface area contributed by atoms with Gasteiger partial charge in [-0.05, 0) is 25.1 Å². The number of carbonyl (C=O) groups is 1. The SMILES string of the molecule is CNc1cc(C(=O)NC2CCNC2)ccn1. The van der Waals surface area contributed by atoms with E-state index < -0.39 is 0 Å². The Balaban J connectivity index is 2.01. The van der Waals surface area contributed by atoms with Crippen LogP contribution in [0.1, 0.15) is 16.8 Å². The lowest BCUT2D eigenvalue weighted by Gasteiger charge is -2.11. The minimum Gasteiger partial charge on any atom is -0.373 e. The largest absolute Gasteiger partial charge is 0.373 e. The van der Waals surface area contributed by atoms with Gasteiger partial charge in [-0.25, -0.2) is 4.98 Å². The van der Waals surface area contributed by atoms with Crippen LogP contribution >= 0.6 is 0 Å². The standard InChI is InChI=1S/C11H16N4O/c1-12-10-6-8(2-5-14-10)11(16)15-9-3-4-13-7-9/h2,5-6,9,13H,3-4,7H2,1H3,(H,12,14)(H,15,16). The van der Waals surface area contributed by atoms with Crippen molar-refractivity contribution in [2.75, 3.05) is 25.5 Å². The summed E-state index contributed by atoms with van der Waals surface area (Å²) in [6.45, 7) is 1.83. The molecule has 0 spiro atoms. The van der Waals surface area contributed by atoms with Gasteiger partial charge in [-0.1, -0.05) is 0 Å². The van der Waals surface area contributed by atoms with Gasteiger partial charge < -0.3 is 16.0 Å². The van der Waals surface area contributed by atoms with Crippen LogP contribution < -0.4 is 16.0 Å². The van der Waals surface area contributed by atoms with Crippen LogP contribution in [0.15, 0.2) is 18.3 Å². The fourth-order valence-electron chi connectivity index (χ4n) is 1.76. The Morgan fingerprint density at radius 2 is 2.50 bits per heavy atom. The lowest BCUT2D eigenvalue weighted by molar-refractivity contribution is 0.0940. The summed E-state index contributed by atoms with van der Waals surface area (Å²) in [4.78, 5) is 15.9. The van der Waals surface area contributed by atoms with Crippen LogP contribution in [0.3, 0.4) is 0 Å². The summed E-state index contributed by atoms with van der Waals surface area (Å²) >= 11 is 0. The van der Waals surface area contributed by atoms with Crippen molar-refractivity contribution in [3.63, 3.8) is 0 Å². The molecule has 3 N–H and O–H groups in total. The molecule has 86 valence electrons. The van der Waals surface area contributed by atoms with Gasteiger partial charge in [0.05, 0.1) is 0 Å². The Kier molecular flexibility index (Phi) is 3.36. The zero-order chi connectivity index (χ0) is 11.4. The van der Waals surface area contributed by atoms with Crippen LogP contribution in [-0.4, -0.2) is 37.1 Å². The molecule has 0 aromatic carbocycles. The summed E-state index contributed by atoms with van der Waals surface area (Å²) in [6.07, 6.45) is 2.63. The second-order valence-electron chi connectivity index (χ2n) is 3.84. The number of pyridine rings is 1. The molecular formula is C11H16N4O. The first-order valence-electron chi connectivity index (χ1n) is 5.45. The molecule has 0 saturated carbocycles. The molecule has 1 aliphatic rings. The highest BCUT2D eigenvalue weighted by Crippen LogP contribution is 2.07. The number of rotatable bonds is 3. The van der Waals surface area contributed by atoms with E-state index in [4.69, 9.17) is 0 Å². The highest BCUT2D eigenvalue weighted by Gasteiger charge is 2.17. The number of nitrogens with zero attached hydrogens (tertiary/aromatic N) is 1. The van der Waals surface area contributed by atoms with E-state index in [0.717, 1.165) is 19.5 Å². The van der Waals surface area contributed by atoms with Crippen LogP contribution in [0.25, 0.3) is 0 Å². The zero-order valence-electron chi connectivity index (χ0n) is 9.29. The van der Waals surface area contributed by atoms with E-state index in [9.17, 15) is 4.79 Å². The van der Waals surface area contributed by atoms with Crippen LogP contribution in [0.4, 0.5) is 5.82 Å². The Morgan fingerprint density at radius 1 is 1.62 bits per heavy atom. The first-order valence-corrected chi connectivity index (χ1v) is 5.45. The van der Waals surface area contributed by atoms with Crippen molar-refractivity contribution in [3.05, 3.63) is 23.9 Å². The van der Waals surface area contributed by atoms with E-state index in [2.05, 4.69) is 20.9 Å². The third-order valence-electron chi connectivity index (χ3n) is 2.67. The number of nitrogens with one attached hydrogen (secondary N) is 3. The smallest absolute Gasteiger partial charge is 0.251 e. The van der Waals surface area contributed by atoms with E-state index in [1.165, 1.54) is 0 Å². The first-order chi connectivity index (χ1) is 7.79. The third kappa shape index (κ3) is 2.49. The van der Waals surface area contributed by atoms with E-state index in [1.54, 1.807) is 25.4 Å².